The maximum atomic E-state index is 12.9. The van der Waals surface area contributed by atoms with Crippen LogP contribution in [0.3, 0.4) is 0 Å². The second-order valence-electron chi connectivity index (χ2n) is 7.07. The molecule has 0 aliphatic carbocycles. The summed E-state index contributed by atoms with van der Waals surface area (Å²) in [5.74, 6) is 1.19. The van der Waals surface area contributed by atoms with Crippen molar-refractivity contribution in [2.75, 3.05) is 0 Å². The maximum Gasteiger partial charge on any atom is 0.312 e. The molecule has 29 heavy (non-hydrogen) atoms. The number of benzene rings is 2. The zero-order valence-corrected chi connectivity index (χ0v) is 15.5. The average molecular weight is 388 g/mol. The largest absolute Gasteiger partial charge is 0.508 e. The number of ether oxygens (including phenoxy) is 2. The number of fused-ring (bicyclic) bond motifs is 3. The minimum absolute atomic E-state index is 0.0842. The summed E-state index contributed by atoms with van der Waals surface area (Å²) in [6.45, 7) is 1.82. The lowest BCUT2D eigenvalue weighted by molar-refractivity contribution is -0.135. The summed E-state index contributed by atoms with van der Waals surface area (Å²) in [4.78, 5) is 25.0. The molecule has 1 unspecified atom stereocenters. The van der Waals surface area contributed by atoms with Gasteiger partial charge in [0.2, 0.25) is 5.78 Å². The van der Waals surface area contributed by atoms with Crippen molar-refractivity contribution in [1.29, 1.82) is 0 Å². The number of hydrogen-bond acceptors (Lipinski definition) is 6. The lowest BCUT2D eigenvalue weighted by Gasteiger charge is -2.26. The normalized spacial score (nSPS) is 18.9. The number of aromatic hydroxyl groups is 1. The molecule has 1 N–H and O–H groups in total. The van der Waals surface area contributed by atoms with E-state index in [1.165, 1.54) is 0 Å². The van der Waals surface area contributed by atoms with Crippen molar-refractivity contribution in [1.82, 2.24) is 0 Å². The Hall–Kier alpha value is -3.80. The summed E-state index contributed by atoms with van der Waals surface area (Å²) in [5, 5.41) is 9.88. The van der Waals surface area contributed by atoms with Crippen molar-refractivity contribution in [3.63, 3.8) is 0 Å². The third kappa shape index (κ3) is 2.89. The topological polar surface area (TPSA) is 86.0 Å². The number of allylic oxidation sites excluding steroid dienone is 1. The molecule has 0 fully saturated rings. The molecule has 0 saturated carbocycles. The highest BCUT2D eigenvalue weighted by Gasteiger charge is 2.38. The van der Waals surface area contributed by atoms with Crippen molar-refractivity contribution < 1.29 is 28.6 Å². The monoisotopic (exact) mass is 388 g/mol. The van der Waals surface area contributed by atoms with Crippen LogP contribution in [0.2, 0.25) is 0 Å². The summed E-state index contributed by atoms with van der Waals surface area (Å²) in [5.41, 5.74) is 1.77. The first-order valence-corrected chi connectivity index (χ1v) is 9.17. The van der Waals surface area contributed by atoms with Gasteiger partial charge in [-0.2, -0.15) is 0 Å². The molecule has 0 spiro atoms. The quantitative estimate of drug-likeness (QED) is 0.399. The zero-order valence-electron chi connectivity index (χ0n) is 15.5. The van der Waals surface area contributed by atoms with E-state index in [0.717, 1.165) is 11.3 Å². The molecule has 3 aromatic rings. The van der Waals surface area contributed by atoms with Gasteiger partial charge in [-0.1, -0.05) is 12.1 Å². The first-order chi connectivity index (χ1) is 14.0. The molecule has 6 heteroatoms. The van der Waals surface area contributed by atoms with Gasteiger partial charge in [-0.3, -0.25) is 9.59 Å². The summed E-state index contributed by atoms with van der Waals surface area (Å²) in [6, 6.07) is 13.5. The summed E-state index contributed by atoms with van der Waals surface area (Å²) in [7, 11) is 0. The number of esters is 1. The van der Waals surface area contributed by atoms with Crippen LogP contribution in [0.5, 0.6) is 17.2 Å². The first kappa shape index (κ1) is 17.3. The van der Waals surface area contributed by atoms with Crippen LogP contribution in [0.4, 0.5) is 0 Å². The molecule has 3 heterocycles. The Morgan fingerprint density at radius 1 is 1.07 bits per heavy atom. The van der Waals surface area contributed by atoms with Crippen LogP contribution in [0.25, 0.3) is 6.08 Å². The van der Waals surface area contributed by atoms with E-state index in [1.54, 1.807) is 48.5 Å². The minimum Gasteiger partial charge on any atom is -0.508 e. The fraction of sp³-hybridized carbons (Fsp3) is 0.130. The molecule has 0 amide bonds. The van der Waals surface area contributed by atoms with E-state index in [2.05, 4.69) is 0 Å². The predicted molar refractivity (Wildman–Crippen MR) is 103 cm³/mol. The van der Waals surface area contributed by atoms with E-state index in [-0.39, 0.29) is 29.7 Å². The lowest BCUT2D eigenvalue weighted by Crippen LogP contribution is -2.21. The number of carbonyl (C=O) groups excluding carboxylic acids is 2. The van der Waals surface area contributed by atoms with Gasteiger partial charge in [0.1, 0.15) is 28.8 Å². The second kappa shape index (κ2) is 6.38. The number of ketones is 1. The average Bonchev–Trinajstić information content (AvgIpc) is 3.24. The molecule has 0 saturated heterocycles. The molecule has 0 radical (unpaired) electrons. The molecule has 144 valence electrons. The molecule has 1 atom stereocenters. The summed E-state index contributed by atoms with van der Waals surface area (Å²) >= 11 is 0. The third-order valence-corrected chi connectivity index (χ3v) is 5.09. The molecule has 2 aromatic carbocycles. The molecule has 2 aliphatic heterocycles. The first-order valence-electron chi connectivity index (χ1n) is 9.17. The smallest absolute Gasteiger partial charge is 0.312 e. The van der Waals surface area contributed by atoms with E-state index >= 15 is 0 Å². The number of carbonyl (C=O) groups is 2. The SMILES string of the molecule is Cc1ccc(/C=C2\Oc3c(ccc4c3C(c3cccc(O)c3)CC(=O)O4)C2=O)o1. The van der Waals surface area contributed by atoms with Crippen molar-refractivity contribution >= 4 is 17.8 Å². The third-order valence-electron chi connectivity index (χ3n) is 5.09. The van der Waals surface area contributed by atoms with Crippen LogP contribution in [-0.2, 0) is 4.79 Å². The molecule has 0 bridgehead atoms. The van der Waals surface area contributed by atoms with Crippen LogP contribution in [0, 0.1) is 6.92 Å². The van der Waals surface area contributed by atoms with E-state index in [1.807, 2.05) is 13.0 Å². The number of Topliss-reactive ketones (excluding diaryl/α,β-unsaturated/α-hetero) is 1. The van der Waals surface area contributed by atoms with Crippen molar-refractivity contribution in [3.8, 4) is 17.2 Å². The van der Waals surface area contributed by atoms with Gasteiger partial charge in [-0.05, 0) is 48.9 Å². The number of aryl methyl sites for hydroxylation is 1. The molecule has 6 nitrogen and oxygen atoms in total. The predicted octanol–water partition coefficient (Wildman–Crippen LogP) is 4.35. The highest BCUT2D eigenvalue weighted by Crippen LogP contribution is 2.49. The van der Waals surface area contributed by atoms with E-state index in [9.17, 15) is 14.7 Å². The van der Waals surface area contributed by atoms with Gasteiger partial charge >= 0.3 is 5.97 Å². The highest BCUT2D eigenvalue weighted by atomic mass is 16.5. The van der Waals surface area contributed by atoms with E-state index in [4.69, 9.17) is 13.9 Å². The fourth-order valence-corrected chi connectivity index (χ4v) is 3.79. The van der Waals surface area contributed by atoms with Gasteiger partial charge in [0.05, 0.1) is 12.0 Å². The molecule has 1 aromatic heterocycles. The lowest BCUT2D eigenvalue weighted by atomic mass is 9.84. The summed E-state index contributed by atoms with van der Waals surface area (Å²) in [6.07, 6.45) is 1.64. The Morgan fingerprint density at radius 3 is 2.69 bits per heavy atom. The fourth-order valence-electron chi connectivity index (χ4n) is 3.79. The van der Waals surface area contributed by atoms with Gasteiger partial charge in [-0.15, -0.1) is 0 Å². The van der Waals surface area contributed by atoms with Gasteiger partial charge < -0.3 is 19.0 Å². The van der Waals surface area contributed by atoms with Crippen LogP contribution in [0.1, 0.15) is 45.3 Å². The summed E-state index contributed by atoms with van der Waals surface area (Å²) < 4.78 is 16.9. The Kier molecular flexibility index (Phi) is 3.81. The molecular weight excluding hydrogens is 372 g/mol. The Labute approximate surface area is 166 Å². The van der Waals surface area contributed by atoms with Gasteiger partial charge in [0, 0.05) is 17.6 Å². The van der Waals surface area contributed by atoms with Crippen LogP contribution in [-0.4, -0.2) is 16.9 Å². The number of furan rings is 1. The van der Waals surface area contributed by atoms with Crippen molar-refractivity contribution in [3.05, 3.63) is 82.5 Å². The molecule has 5 rings (SSSR count). The van der Waals surface area contributed by atoms with E-state index in [0.29, 0.717) is 28.4 Å². The van der Waals surface area contributed by atoms with Crippen molar-refractivity contribution in [2.45, 2.75) is 19.3 Å². The van der Waals surface area contributed by atoms with Crippen LogP contribution < -0.4 is 9.47 Å². The van der Waals surface area contributed by atoms with Crippen molar-refractivity contribution in [2.24, 2.45) is 0 Å². The molecular formula is C23H16O6. The standard InChI is InChI=1S/C23H16O6/c1-12-5-6-15(27-12)10-19-22(26)16-7-8-18-21(23(16)29-19)17(11-20(25)28-18)13-3-2-4-14(24)9-13/h2-10,17,24H,11H2,1H3/b19-10-. The van der Waals surface area contributed by atoms with E-state index < -0.39 is 5.92 Å². The van der Waals surface area contributed by atoms with Gasteiger partial charge in [0.15, 0.2) is 5.76 Å². The second-order valence-corrected chi connectivity index (χ2v) is 7.07. The Bertz CT molecular complexity index is 1200. The molecule has 2 aliphatic rings. The van der Waals surface area contributed by atoms with Gasteiger partial charge in [0.25, 0.3) is 0 Å². The Morgan fingerprint density at radius 2 is 1.93 bits per heavy atom. The zero-order chi connectivity index (χ0) is 20.1. The number of rotatable bonds is 2. The van der Waals surface area contributed by atoms with Crippen LogP contribution >= 0.6 is 0 Å². The number of phenols is 1. The minimum atomic E-state index is -0.397. The van der Waals surface area contributed by atoms with Gasteiger partial charge in [-0.25, -0.2) is 0 Å². The number of phenolic OH excluding ortho intramolecular Hbond substituents is 1. The Balaban J connectivity index is 1.63. The highest BCUT2D eigenvalue weighted by molar-refractivity contribution is 6.15. The maximum absolute atomic E-state index is 12.9. The number of hydrogen-bond donors (Lipinski definition) is 1. The van der Waals surface area contributed by atoms with Crippen LogP contribution in [0.15, 0.2) is 58.7 Å².